The van der Waals surface area contributed by atoms with Gasteiger partial charge in [0, 0.05) is 24.5 Å². The van der Waals surface area contributed by atoms with E-state index in [0.29, 0.717) is 11.7 Å². The number of nitrogens with one attached hydrogen (secondary N) is 1. The quantitative estimate of drug-likeness (QED) is 0.571. The first-order valence-electron chi connectivity index (χ1n) is 10.4. The average molecular weight is 438 g/mol. The maximum absolute atomic E-state index is 12.6. The molecular weight excluding hydrogens is 410 g/mol. The molecule has 31 heavy (non-hydrogen) atoms. The molecule has 0 unspecified atom stereocenters. The predicted molar refractivity (Wildman–Crippen MR) is 123 cm³/mol. The van der Waals surface area contributed by atoms with Crippen molar-refractivity contribution in [2.45, 2.75) is 25.5 Å². The van der Waals surface area contributed by atoms with Crippen molar-refractivity contribution in [2.24, 2.45) is 0 Å². The predicted octanol–water partition coefficient (Wildman–Crippen LogP) is 3.45. The first-order chi connectivity index (χ1) is 15.1. The molecule has 0 aliphatic carbocycles. The molecule has 3 aromatic rings. The van der Waals surface area contributed by atoms with Crippen LogP contribution in [-0.2, 0) is 16.1 Å². The summed E-state index contributed by atoms with van der Waals surface area (Å²) >= 11 is 1.40. The van der Waals surface area contributed by atoms with Gasteiger partial charge in [-0.15, -0.1) is 10.2 Å². The Kier molecular flexibility index (Phi) is 7.01. The molecule has 2 aromatic carbocycles. The zero-order valence-corrected chi connectivity index (χ0v) is 18.7. The maximum Gasteiger partial charge on any atom is 0.234 e. The number of amides is 1. The number of anilines is 1. The van der Waals surface area contributed by atoms with Gasteiger partial charge >= 0.3 is 0 Å². The summed E-state index contributed by atoms with van der Waals surface area (Å²) in [5.74, 6) is 1.07. The van der Waals surface area contributed by atoms with E-state index in [9.17, 15) is 4.79 Å². The topological polar surface area (TPSA) is 72.3 Å². The summed E-state index contributed by atoms with van der Waals surface area (Å²) in [6.45, 7) is 7.96. The molecule has 1 aliphatic heterocycles. The second kappa shape index (κ2) is 10.1. The average Bonchev–Trinajstić information content (AvgIpc) is 3.18. The van der Waals surface area contributed by atoms with Crippen LogP contribution in [0.3, 0.4) is 0 Å². The number of nitrogens with zero attached hydrogens (tertiary/aromatic N) is 4. The number of ether oxygens (including phenoxy) is 1. The van der Waals surface area contributed by atoms with Crippen molar-refractivity contribution in [3.63, 3.8) is 0 Å². The Bertz CT molecular complexity index is 1030. The van der Waals surface area contributed by atoms with Crippen LogP contribution in [0.4, 0.5) is 5.69 Å². The Labute approximate surface area is 186 Å². The zero-order valence-electron chi connectivity index (χ0n) is 17.9. The highest BCUT2D eigenvalue weighted by atomic mass is 32.2. The molecule has 4 rings (SSSR count). The van der Waals surface area contributed by atoms with Gasteiger partial charge in [-0.3, -0.25) is 14.3 Å². The van der Waals surface area contributed by atoms with Crippen LogP contribution in [0.25, 0.3) is 5.69 Å². The third kappa shape index (κ3) is 5.52. The Morgan fingerprint density at radius 2 is 1.87 bits per heavy atom. The third-order valence-electron chi connectivity index (χ3n) is 5.17. The van der Waals surface area contributed by atoms with Crippen molar-refractivity contribution in [3.05, 3.63) is 65.5 Å². The van der Waals surface area contributed by atoms with Crippen LogP contribution in [0.15, 0.2) is 53.7 Å². The minimum atomic E-state index is -0.0608. The highest BCUT2D eigenvalue weighted by molar-refractivity contribution is 7.99. The van der Waals surface area contributed by atoms with Crippen molar-refractivity contribution in [1.29, 1.82) is 0 Å². The summed E-state index contributed by atoms with van der Waals surface area (Å²) in [4.78, 5) is 14.9. The van der Waals surface area contributed by atoms with Crippen LogP contribution in [0, 0.1) is 13.8 Å². The molecule has 0 saturated carbocycles. The van der Waals surface area contributed by atoms with Crippen molar-refractivity contribution in [3.8, 4) is 5.69 Å². The molecule has 0 spiro atoms. The summed E-state index contributed by atoms with van der Waals surface area (Å²) < 4.78 is 7.50. The van der Waals surface area contributed by atoms with Crippen LogP contribution in [-0.4, -0.2) is 57.6 Å². The molecule has 0 bridgehead atoms. The molecule has 1 saturated heterocycles. The molecule has 2 heterocycles. The number of aromatic nitrogens is 3. The first kappa shape index (κ1) is 21.5. The van der Waals surface area contributed by atoms with E-state index in [2.05, 4.69) is 26.5 Å². The van der Waals surface area contributed by atoms with E-state index in [1.165, 1.54) is 17.3 Å². The molecular formula is C23H27N5O2S. The summed E-state index contributed by atoms with van der Waals surface area (Å²) in [5, 5.41) is 12.6. The monoisotopic (exact) mass is 437 g/mol. The van der Waals surface area contributed by atoms with E-state index in [1.807, 2.05) is 60.9 Å². The molecule has 1 amide bonds. The highest BCUT2D eigenvalue weighted by Crippen LogP contribution is 2.24. The molecule has 162 valence electrons. The summed E-state index contributed by atoms with van der Waals surface area (Å²) in [5.41, 5.74) is 4.06. The number of benzene rings is 2. The van der Waals surface area contributed by atoms with E-state index < -0.39 is 0 Å². The standard InChI is InChI=1S/C23H27N5O2S/c1-17-8-9-20(18(2)14-17)24-22(29)16-31-23-26-25-21(15-27-10-12-30-13-11-27)28(23)19-6-4-3-5-7-19/h3-9,14H,10-13,15-16H2,1-2H3,(H,24,29). The van der Waals surface area contributed by atoms with Crippen LogP contribution in [0.1, 0.15) is 17.0 Å². The third-order valence-corrected chi connectivity index (χ3v) is 6.10. The number of aryl methyl sites for hydroxylation is 2. The van der Waals surface area contributed by atoms with Gasteiger partial charge in [-0.2, -0.15) is 0 Å². The van der Waals surface area contributed by atoms with Crippen molar-refractivity contribution in [2.75, 3.05) is 37.4 Å². The fourth-order valence-electron chi connectivity index (χ4n) is 3.56. The summed E-state index contributed by atoms with van der Waals surface area (Å²) in [6.07, 6.45) is 0. The molecule has 7 nitrogen and oxygen atoms in total. The Balaban J connectivity index is 1.48. The normalized spacial score (nSPS) is 14.5. The second-order valence-corrected chi connectivity index (χ2v) is 8.56. The van der Waals surface area contributed by atoms with Gasteiger partial charge in [-0.05, 0) is 37.6 Å². The molecule has 1 N–H and O–H groups in total. The molecule has 1 aliphatic rings. The molecule has 8 heteroatoms. The first-order valence-corrected chi connectivity index (χ1v) is 11.4. The van der Waals surface area contributed by atoms with Crippen molar-refractivity contribution < 1.29 is 9.53 Å². The van der Waals surface area contributed by atoms with Crippen LogP contribution < -0.4 is 5.32 Å². The van der Waals surface area contributed by atoms with Crippen LogP contribution in [0.5, 0.6) is 0 Å². The van der Waals surface area contributed by atoms with E-state index in [1.54, 1.807) is 0 Å². The maximum atomic E-state index is 12.6. The molecule has 1 aromatic heterocycles. The smallest absolute Gasteiger partial charge is 0.234 e. The van der Waals surface area contributed by atoms with Gasteiger partial charge < -0.3 is 10.1 Å². The number of rotatable bonds is 7. The number of hydrogen-bond donors (Lipinski definition) is 1. The Hall–Kier alpha value is -2.68. The van der Waals surface area contributed by atoms with Gasteiger partial charge in [0.05, 0.1) is 25.5 Å². The minimum Gasteiger partial charge on any atom is -0.379 e. The number of para-hydroxylation sites is 1. The van der Waals surface area contributed by atoms with Crippen LogP contribution >= 0.6 is 11.8 Å². The van der Waals surface area contributed by atoms with Gasteiger partial charge in [-0.25, -0.2) is 0 Å². The second-order valence-electron chi connectivity index (χ2n) is 7.61. The van der Waals surface area contributed by atoms with E-state index >= 15 is 0 Å². The van der Waals surface area contributed by atoms with Gasteiger partial charge in [0.2, 0.25) is 5.91 Å². The van der Waals surface area contributed by atoms with Gasteiger partial charge in [0.15, 0.2) is 11.0 Å². The lowest BCUT2D eigenvalue weighted by Gasteiger charge is -2.26. The Morgan fingerprint density at radius 3 is 2.61 bits per heavy atom. The fraction of sp³-hybridized carbons (Fsp3) is 0.348. The lowest BCUT2D eigenvalue weighted by molar-refractivity contribution is -0.113. The van der Waals surface area contributed by atoms with Gasteiger partial charge in [0.25, 0.3) is 0 Å². The van der Waals surface area contributed by atoms with E-state index in [-0.39, 0.29) is 11.7 Å². The number of carbonyl (C=O) groups excluding carboxylic acids is 1. The number of carbonyl (C=O) groups is 1. The van der Waals surface area contributed by atoms with E-state index in [0.717, 1.165) is 49.1 Å². The highest BCUT2D eigenvalue weighted by Gasteiger charge is 2.19. The number of morpholine rings is 1. The molecule has 1 fully saturated rings. The molecule has 0 radical (unpaired) electrons. The summed E-state index contributed by atoms with van der Waals surface area (Å²) in [7, 11) is 0. The van der Waals surface area contributed by atoms with Crippen molar-refractivity contribution in [1.82, 2.24) is 19.7 Å². The fourth-order valence-corrected chi connectivity index (χ4v) is 4.33. The lowest BCUT2D eigenvalue weighted by atomic mass is 10.1. The SMILES string of the molecule is Cc1ccc(NC(=O)CSc2nnc(CN3CCOCC3)n2-c2ccccc2)c(C)c1. The summed E-state index contributed by atoms with van der Waals surface area (Å²) in [6, 6.07) is 16.1. The largest absolute Gasteiger partial charge is 0.379 e. The van der Waals surface area contributed by atoms with Crippen LogP contribution in [0.2, 0.25) is 0 Å². The number of hydrogen-bond acceptors (Lipinski definition) is 6. The van der Waals surface area contributed by atoms with Gasteiger partial charge in [-0.1, -0.05) is 47.7 Å². The Morgan fingerprint density at radius 1 is 1.10 bits per heavy atom. The van der Waals surface area contributed by atoms with Gasteiger partial charge in [0.1, 0.15) is 0 Å². The minimum absolute atomic E-state index is 0.0608. The van der Waals surface area contributed by atoms with Crippen molar-refractivity contribution >= 4 is 23.4 Å². The number of thioether (sulfide) groups is 1. The lowest BCUT2D eigenvalue weighted by Crippen LogP contribution is -2.36. The van der Waals surface area contributed by atoms with E-state index in [4.69, 9.17) is 4.74 Å². The molecule has 0 atom stereocenters. The zero-order chi connectivity index (χ0) is 21.6.